The van der Waals surface area contributed by atoms with Crippen LogP contribution in [0.1, 0.15) is 22.7 Å². The summed E-state index contributed by atoms with van der Waals surface area (Å²) in [4.78, 5) is 13.0. The Hall–Kier alpha value is -3.98. The SMILES string of the molecule is Cc1cc2c(c(=O)n1C)[C@H](c1cccc(Oc3ccccc3)c1)C(C#N)=C(N)O2. The molecule has 1 aliphatic rings. The Balaban J connectivity index is 1.86. The molecule has 4 rings (SSSR count). The molecule has 0 aliphatic carbocycles. The topological polar surface area (TPSA) is 90.3 Å². The summed E-state index contributed by atoms with van der Waals surface area (Å²) in [6, 6.07) is 20.6. The fourth-order valence-electron chi connectivity index (χ4n) is 3.46. The van der Waals surface area contributed by atoms with Crippen molar-refractivity contribution in [3.05, 3.63) is 99.3 Å². The number of benzene rings is 2. The summed E-state index contributed by atoms with van der Waals surface area (Å²) < 4.78 is 13.1. The van der Waals surface area contributed by atoms with Gasteiger partial charge >= 0.3 is 0 Å². The minimum absolute atomic E-state index is 0.00651. The molecule has 0 unspecified atom stereocenters. The fraction of sp³-hybridized carbons (Fsp3) is 0.130. The molecule has 0 saturated heterocycles. The van der Waals surface area contributed by atoms with Gasteiger partial charge in [0.2, 0.25) is 5.88 Å². The lowest BCUT2D eigenvalue weighted by Gasteiger charge is -2.27. The van der Waals surface area contributed by atoms with Crippen LogP contribution in [0.15, 0.2) is 76.9 Å². The third kappa shape index (κ3) is 3.23. The maximum Gasteiger partial charge on any atom is 0.258 e. The number of allylic oxidation sites excluding steroid dienone is 1. The fourth-order valence-corrected chi connectivity index (χ4v) is 3.46. The highest BCUT2D eigenvalue weighted by Gasteiger charge is 2.34. The highest BCUT2D eigenvalue weighted by atomic mass is 16.5. The molecule has 29 heavy (non-hydrogen) atoms. The van der Waals surface area contributed by atoms with Crippen molar-refractivity contribution in [1.29, 1.82) is 5.26 Å². The van der Waals surface area contributed by atoms with Crippen LogP contribution in [-0.2, 0) is 7.05 Å². The van der Waals surface area contributed by atoms with Crippen LogP contribution in [0, 0.1) is 18.3 Å². The lowest BCUT2D eigenvalue weighted by molar-refractivity contribution is 0.389. The molecule has 0 saturated carbocycles. The Kier molecular flexibility index (Phi) is 4.57. The highest BCUT2D eigenvalue weighted by molar-refractivity contribution is 5.56. The first-order valence-corrected chi connectivity index (χ1v) is 9.10. The van der Waals surface area contributed by atoms with Gasteiger partial charge in [-0.05, 0) is 36.8 Å². The van der Waals surface area contributed by atoms with Gasteiger partial charge in [-0.1, -0.05) is 30.3 Å². The minimum atomic E-state index is -0.637. The lowest BCUT2D eigenvalue weighted by Crippen LogP contribution is -2.31. The van der Waals surface area contributed by atoms with Gasteiger partial charge in [-0.25, -0.2) is 0 Å². The quantitative estimate of drug-likeness (QED) is 0.742. The van der Waals surface area contributed by atoms with Gasteiger partial charge in [-0.3, -0.25) is 4.79 Å². The maximum atomic E-state index is 13.0. The summed E-state index contributed by atoms with van der Waals surface area (Å²) in [6.45, 7) is 1.81. The van der Waals surface area contributed by atoms with Gasteiger partial charge in [0.05, 0.1) is 11.5 Å². The van der Waals surface area contributed by atoms with E-state index in [9.17, 15) is 10.1 Å². The number of nitrogens with zero attached hydrogens (tertiary/aromatic N) is 2. The molecule has 0 fully saturated rings. The number of aromatic nitrogens is 1. The van der Waals surface area contributed by atoms with Crippen LogP contribution < -0.4 is 20.8 Å². The standard InChI is InChI=1S/C23H19N3O3/c1-14-11-19-21(23(27)26(14)2)20(18(13-24)22(25)29-19)15-7-6-10-17(12-15)28-16-8-4-3-5-9-16/h3-12,20H,25H2,1-2H3/t20-/m1/s1. The van der Waals surface area contributed by atoms with Crippen LogP contribution in [0.2, 0.25) is 0 Å². The number of nitriles is 1. The third-order valence-corrected chi connectivity index (χ3v) is 5.02. The maximum absolute atomic E-state index is 13.0. The molecule has 2 N–H and O–H groups in total. The highest BCUT2D eigenvalue weighted by Crippen LogP contribution is 2.41. The van der Waals surface area contributed by atoms with Gasteiger partial charge in [-0.15, -0.1) is 0 Å². The number of aryl methyl sites for hydroxylation is 1. The van der Waals surface area contributed by atoms with E-state index < -0.39 is 5.92 Å². The molecule has 2 aromatic carbocycles. The second kappa shape index (κ2) is 7.21. The Labute approximate surface area is 168 Å². The molecule has 144 valence electrons. The predicted octanol–water partition coefficient (Wildman–Crippen LogP) is 3.70. The third-order valence-electron chi connectivity index (χ3n) is 5.02. The molecule has 0 bridgehead atoms. The molecular formula is C23H19N3O3. The van der Waals surface area contributed by atoms with Crippen molar-refractivity contribution in [3.63, 3.8) is 0 Å². The molecule has 0 radical (unpaired) electrons. The summed E-state index contributed by atoms with van der Waals surface area (Å²) >= 11 is 0. The van der Waals surface area contributed by atoms with E-state index in [4.69, 9.17) is 15.2 Å². The van der Waals surface area contributed by atoms with Gasteiger partial charge in [0.25, 0.3) is 5.56 Å². The van der Waals surface area contributed by atoms with E-state index in [1.165, 1.54) is 4.57 Å². The van der Waals surface area contributed by atoms with Crippen LogP contribution in [0.25, 0.3) is 0 Å². The lowest BCUT2D eigenvalue weighted by atomic mass is 9.84. The van der Waals surface area contributed by atoms with Crippen molar-refractivity contribution in [3.8, 4) is 23.3 Å². The number of para-hydroxylation sites is 1. The monoisotopic (exact) mass is 385 g/mol. The summed E-state index contributed by atoms with van der Waals surface area (Å²) in [5, 5.41) is 9.73. The second-order valence-corrected chi connectivity index (χ2v) is 6.84. The second-order valence-electron chi connectivity index (χ2n) is 6.84. The zero-order valence-corrected chi connectivity index (χ0v) is 16.0. The van der Waals surface area contributed by atoms with Crippen LogP contribution >= 0.6 is 0 Å². The average Bonchev–Trinajstić information content (AvgIpc) is 2.72. The Morgan fingerprint density at radius 2 is 1.83 bits per heavy atom. The van der Waals surface area contributed by atoms with Crippen LogP contribution in [0.5, 0.6) is 17.2 Å². The van der Waals surface area contributed by atoms with E-state index in [1.807, 2.05) is 61.5 Å². The molecular weight excluding hydrogens is 366 g/mol. The van der Waals surface area contributed by atoms with Crippen molar-refractivity contribution in [1.82, 2.24) is 4.57 Å². The summed E-state index contributed by atoms with van der Waals surface area (Å²) in [7, 11) is 1.69. The number of hydrogen-bond acceptors (Lipinski definition) is 5. The number of ether oxygens (including phenoxy) is 2. The minimum Gasteiger partial charge on any atom is -0.457 e. The van der Waals surface area contributed by atoms with Crippen molar-refractivity contribution < 1.29 is 9.47 Å². The normalized spacial score (nSPS) is 15.3. The first-order chi connectivity index (χ1) is 14.0. The van der Waals surface area contributed by atoms with Crippen molar-refractivity contribution in [2.24, 2.45) is 12.8 Å². The average molecular weight is 385 g/mol. The van der Waals surface area contributed by atoms with E-state index in [-0.39, 0.29) is 17.0 Å². The molecule has 6 heteroatoms. The number of rotatable bonds is 3. The zero-order chi connectivity index (χ0) is 20.5. The predicted molar refractivity (Wildman–Crippen MR) is 109 cm³/mol. The number of hydrogen-bond donors (Lipinski definition) is 1. The summed E-state index contributed by atoms with van der Waals surface area (Å²) in [5.74, 6) is 1.04. The molecule has 1 aromatic heterocycles. The van der Waals surface area contributed by atoms with Crippen LogP contribution in [-0.4, -0.2) is 4.57 Å². The van der Waals surface area contributed by atoms with Gasteiger partial charge in [0.15, 0.2) is 0 Å². The van der Waals surface area contributed by atoms with Gasteiger partial charge < -0.3 is 19.8 Å². The Morgan fingerprint density at radius 3 is 2.55 bits per heavy atom. The van der Waals surface area contributed by atoms with Gasteiger partial charge in [0, 0.05) is 18.8 Å². The molecule has 1 aliphatic heterocycles. The molecule has 2 heterocycles. The van der Waals surface area contributed by atoms with E-state index in [2.05, 4.69) is 6.07 Å². The molecule has 1 atom stereocenters. The van der Waals surface area contributed by atoms with Gasteiger partial charge in [0.1, 0.15) is 28.9 Å². The Morgan fingerprint density at radius 1 is 1.10 bits per heavy atom. The van der Waals surface area contributed by atoms with Crippen molar-refractivity contribution in [2.75, 3.05) is 0 Å². The van der Waals surface area contributed by atoms with Crippen molar-refractivity contribution in [2.45, 2.75) is 12.8 Å². The summed E-state index contributed by atoms with van der Waals surface area (Å²) in [5.41, 5.74) is 7.86. The number of nitrogens with two attached hydrogens (primary N) is 1. The van der Waals surface area contributed by atoms with E-state index in [0.717, 1.165) is 11.3 Å². The first-order valence-electron chi connectivity index (χ1n) is 9.10. The van der Waals surface area contributed by atoms with E-state index >= 15 is 0 Å². The molecule has 0 spiro atoms. The number of fused-ring (bicyclic) bond motifs is 1. The van der Waals surface area contributed by atoms with Gasteiger partial charge in [-0.2, -0.15) is 5.26 Å². The van der Waals surface area contributed by atoms with Crippen molar-refractivity contribution >= 4 is 0 Å². The smallest absolute Gasteiger partial charge is 0.258 e. The Bertz CT molecular complexity index is 1220. The van der Waals surface area contributed by atoms with E-state index in [1.54, 1.807) is 13.1 Å². The van der Waals surface area contributed by atoms with Crippen LogP contribution in [0.3, 0.4) is 0 Å². The zero-order valence-electron chi connectivity index (χ0n) is 16.0. The largest absolute Gasteiger partial charge is 0.457 e. The molecule has 3 aromatic rings. The number of pyridine rings is 1. The van der Waals surface area contributed by atoms with Crippen LogP contribution in [0.4, 0.5) is 0 Å². The summed E-state index contributed by atoms with van der Waals surface area (Å²) in [6.07, 6.45) is 0. The molecule has 0 amide bonds. The first kappa shape index (κ1) is 18.4. The molecule has 6 nitrogen and oxygen atoms in total. The van der Waals surface area contributed by atoms with E-state index in [0.29, 0.717) is 22.8 Å².